The molecule has 32 heavy (non-hydrogen) atoms. The number of rotatable bonds is 7. The van der Waals surface area contributed by atoms with Gasteiger partial charge in [0.2, 0.25) is 5.91 Å². The van der Waals surface area contributed by atoms with Crippen molar-refractivity contribution in [2.24, 2.45) is 10.6 Å². The van der Waals surface area contributed by atoms with E-state index in [2.05, 4.69) is 5.32 Å². The molecule has 1 amide bonds. The summed E-state index contributed by atoms with van der Waals surface area (Å²) in [4.78, 5) is 18.7. The summed E-state index contributed by atoms with van der Waals surface area (Å²) in [5.74, 6) is 0.0498. The second kappa shape index (κ2) is 9.40. The van der Waals surface area contributed by atoms with Crippen LogP contribution in [0.4, 0.5) is 0 Å². The lowest BCUT2D eigenvalue weighted by atomic mass is 9.94. The standard InChI is InChI=1S/C23H27N3O4S2/c1-15-20(17-8-6-5-7-9-17)26-21(31-15)19(25-22(27)23(2,3)4)14-16-10-12-18(13-11-16)30-32(24,28)29/h5-13,19H,14H2,1-4H3,(H,25,27)(H2,24,28,29). The Bertz CT molecular complexity index is 1180. The van der Waals surface area contributed by atoms with E-state index < -0.39 is 15.7 Å². The van der Waals surface area contributed by atoms with Gasteiger partial charge in [0.15, 0.2) is 0 Å². The molecular weight excluding hydrogens is 446 g/mol. The van der Waals surface area contributed by atoms with E-state index in [1.165, 1.54) is 12.1 Å². The number of hydrogen-bond acceptors (Lipinski definition) is 6. The van der Waals surface area contributed by atoms with E-state index in [4.69, 9.17) is 14.3 Å². The smallest absolute Gasteiger partial charge is 0.371 e. The molecule has 1 unspecified atom stereocenters. The van der Waals surface area contributed by atoms with Crippen LogP contribution in [0.3, 0.4) is 0 Å². The van der Waals surface area contributed by atoms with Crippen molar-refractivity contribution in [3.8, 4) is 17.0 Å². The summed E-state index contributed by atoms with van der Waals surface area (Å²) in [6.45, 7) is 7.61. The number of carbonyl (C=O) groups excluding carboxylic acids is 1. The topological polar surface area (TPSA) is 111 Å². The van der Waals surface area contributed by atoms with Crippen molar-refractivity contribution >= 4 is 27.5 Å². The second-order valence-electron chi connectivity index (χ2n) is 8.52. The first-order valence-corrected chi connectivity index (χ1v) is 12.4. The van der Waals surface area contributed by atoms with E-state index in [0.29, 0.717) is 6.42 Å². The minimum absolute atomic E-state index is 0.0780. The summed E-state index contributed by atoms with van der Waals surface area (Å²) in [6, 6.07) is 16.1. The minimum Gasteiger partial charge on any atom is -0.371 e. The first-order valence-electron chi connectivity index (χ1n) is 10.1. The van der Waals surface area contributed by atoms with Gasteiger partial charge < -0.3 is 9.50 Å². The molecule has 1 atom stereocenters. The normalized spacial score (nSPS) is 12.9. The SMILES string of the molecule is Cc1sc(C(Cc2ccc(OS(N)(=O)=O)cc2)NC(=O)C(C)(C)C)nc1-c1ccccc1. The number of carbonyl (C=O) groups is 1. The zero-order valence-corrected chi connectivity index (χ0v) is 20.1. The highest BCUT2D eigenvalue weighted by Crippen LogP contribution is 2.32. The Kier molecular flexibility index (Phi) is 7.02. The van der Waals surface area contributed by atoms with Gasteiger partial charge in [0.1, 0.15) is 10.8 Å². The maximum atomic E-state index is 12.8. The predicted molar refractivity (Wildman–Crippen MR) is 127 cm³/mol. The quantitative estimate of drug-likeness (QED) is 0.535. The van der Waals surface area contributed by atoms with Gasteiger partial charge in [0.05, 0.1) is 11.7 Å². The average molecular weight is 474 g/mol. The largest absolute Gasteiger partial charge is 0.380 e. The Morgan fingerprint density at radius 2 is 1.75 bits per heavy atom. The molecule has 0 bridgehead atoms. The highest BCUT2D eigenvalue weighted by atomic mass is 32.2. The van der Waals surface area contributed by atoms with Gasteiger partial charge in [-0.1, -0.05) is 63.2 Å². The maximum Gasteiger partial charge on any atom is 0.380 e. The van der Waals surface area contributed by atoms with Crippen LogP contribution in [0.1, 0.15) is 42.3 Å². The van der Waals surface area contributed by atoms with E-state index in [1.807, 2.05) is 58.0 Å². The molecule has 9 heteroatoms. The molecule has 1 heterocycles. The lowest BCUT2D eigenvalue weighted by Gasteiger charge is -2.23. The fourth-order valence-electron chi connectivity index (χ4n) is 3.06. The molecular formula is C23H27N3O4S2. The van der Waals surface area contributed by atoms with Gasteiger partial charge in [-0.3, -0.25) is 4.79 Å². The van der Waals surface area contributed by atoms with Gasteiger partial charge in [-0.05, 0) is 31.0 Å². The zero-order valence-electron chi connectivity index (χ0n) is 18.5. The lowest BCUT2D eigenvalue weighted by Crippen LogP contribution is -2.38. The molecule has 170 valence electrons. The van der Waals surface area contributed by atoms with Crippen LogP contribution in [0.15, 0.2) is 54.6 Å². The molecule has 0 aliphatic rings. The van der Waals surface area contributed by atoms with Gasteiger partial charge >= 0.3 is 10.3 Å². The van der Waals surface area contributed by atoms with E-state index in [0.717, 1.165) is 26.7 Å². The Labute approximate surface area is 192 Å². The zero-order chi connectivity index (χ0) is 23.5. The van der Waals surface area contributed by atoms with Crippen LogP contribution >= 0.6 is 11.3 Å². The van der Waals surface area contributed by atoms with E-state index in [1.54, 1.807) is 23.5 Å². The number of hydrogen-bond donors (Lipinski definition) is 2. The fourth-order valence-corrected chi connectivity index (χ4v) is 4.43. The molecule has 0 saturated carbocycles. The predicted octanol–water partition coefficient (Wildman–Crippen LogP) is 4.15. The Morgan fingerprint density at radius 3 is 2.31 bits per heavy atom. The second-order valence-corrected chi connectivity index (χ2v) is 10.9. The summed E-state index contributed by atoms with van der Waals surface area (Å²) >= 11 is 1.55. The third-order valence-corrected chi connectivity index (χ3v) is 6.23. The molecule has 7 nitrogen and oxygen atoms in total. The van der Waals surface area contributed by atoms with Crippen LogP contribution < -0.4 is 14.6 Å². The van der Waals surface area contributed by atoms with Crippen molar-refractivity contribution in [3.05, 3.63) is 70.0 Å². The summed E-state index contributed by atoms with van der Waals surface area (Å²) in [5.41, 5.74) is 2.26. The van der Waals surface area contributed by atoms with Gasteiger partial charge in [0.25, 0.3) is 0 Å². The number of benzene rings is 2. The molecule has 3 N–H and O–H groups in total. The number of aromatic nitrogens is 1. The highest BCUT2D eigenvalue weighted by molar-refractivity contribution is 7.84. The van der Waals surface area contributed by atoms with Crippen LogP contribution in [0.2, 0.25) is 0 Å². The lowest BCUT2D eigenvalue weighted by molar-refractivity contribution is -0.129. The monoisotopic (exact) mass is 473 g/mol. The van der Waals surface area contributed by atoms with Crippen molar-refractivity contribution in [3.63, 3.8) is 0 Å². The molecule has 3 aromatic rings. The summed E-state index contributed by atoms with van der Waals surface area (Å²) in [7, 11) is -4.08. The van der Waals surface area contributed by atoms with E-state index in [9.17, 15) is 13.2 Å². The average Bonchev–Trinajstić information content (AvgIpc) is 3.09. The molecule has 3 rings (SSSR count). The van der Waals surface area contributed by atoms with Gasteiger partial charge in [0, 0.05) is 15.9 Å². The molecule has 1 aromatic heterocycles. The number of nitrogens with two attached hydrogens (primary N) is 1. The third-order valence-electron chi connectivity index (χ3n) is 4.72. The number of thiazole rings is 1. The van der Waals surface area contributed by atoms with E-state index >= 15 is 0 Å². The van der Waals surface area contributed by atoms with Crippen LogP contribution in [0.5, 0.6) is 5.75 Å². The Hall–Kier alpha value is -2.75. The van der Waals surface area contributed by atoms with Crippen LogP contribution in [0, 0.1) is 12.3 Å². The van der Waals surface area contributed by atoms with E-state index in [-0.39, 0.29) is 17.7 Å². The Morgan fingerprint density at radius 1 is 1.12 bits per heavy atom. The molecule has 0 fully saturated rings. The number of nitrogens with zero attached hydrogens (tertiary/aromatic N) is 1. The molecule has 0 spiro atoms. The first kappa shape index (κ1) is 23.9. The van der Waals surface area contributed by atoms with Crippen molar-refractivity contribution in [2.75, 3.05) is 0 Å². The summed E-state index contributed by atoms with van der Waals surface area (Å²) in [5, 5.41) is 8.86. The summed E-state index contributed by atoms with van der Waals surface area (Å²) < 4.78 is 26.9. The van der Waals surface area contributed by atoms with Crippen LogP contribution in [-0.4, -0.2) is 19.3 Å². The van der Waals surface area contributed by atoms with Gasteiger partial charge in [-0.25, -0.2) is 4.98 Å². The molecule has 0 aliphatic carbocycles. The van der Waals surface area contributed by atoms with Crippen molar-refractivity contribution < 1.29 is 17.4 Å². The number of aryl methyl sites for hydroxylation is 1. The van der Waals surface area contributed by atoms with Crippen molar-refractivity contribution in [2.45, 2.75) is 40.2 Å². The number of nitrogens with one attached hydrogen (secondary N) is 1. The van der Waals surface area contributed by atoms with Gasteiger partial charge in [-0.2, -0.15) is 13.6 Å². The molecule has 0 radical (unpaired) electrons. The fraction of sp³-hybridized carbons (Fsp3) is 0.304. The van der Waals surface area contributed by atoms with Crippen molar-refractivity contribution in [1.29, 1.82) is 0 Å². The van der Waals surface area contributed by atoms with Crippen LogP contribution in [0.25, 0.3) is 11.3 Å². The molecule has 2 aromatic carbocycles. The Balaban J connectivity index is 1.90. The third kappa shape index (κ3) is 6.38. The molecule has 0 aliphatic heterocycles. The molecule has 0 saturated heterocycles. The van der Waals surface area contributed by atoms with Crippen LogP contribution in [-0.2, 0) is 21.5 Å². The first-order chi connectivity index (χ1) is 14.9. The maximum absolute atomic E-state index is 12.8. The summed E-state index contributed by atoms with van der Waals surface area (Å²) in [6.07, 6.45) is 0.485. The minimum atomic E-state index is -4.08. The number of amides is 1. The van der Waals surface area contributed by atoms with Crippen molar-refractivity contribution in [1.82, 2.24) is 10.3 Å². The van der Waals surface area contributed by atoms with Gasteiger partial charge in [-0.15, -0.1) is 11.3 Å². The highest BCUT2D eigenvalue weighted by Gasteiger charge is 2.27.